The van der Waals surface area contributed by atoms with Crippen molar-refractivity contribution in [3.8, 4) is 10.6 Å². The van der Waals surface area contributed by atoms with Gasteiger partial charge in [0.05, 0.1) is 19.3 Å². The summed E-state index contributed by atoms with van der Waals surface area (Å²) in [4.78, 5) is 36.6. The molecule has 0 radical (unpaired) electrons. The lowest BCUT2D eigenvalue weighted by Gasteiger charge is -2.30. The van der Waals surface area contributed by atoms with Crippen LogP contribution in [0.1, 0.15) is 6.42 Å². The largest absolute Gasteiger partial charge is 0.354 e. The molecule has 0 aliphatic carbocycles. The Balaban J connectivity index is 1.39. The number of anilines is 2. The first-order valence-corrected chi connectivity index (χ1v) is 10.4. The average Bonchev–Trinajstić information content (AvgIpc) is 3.34. The molecule has 2 fully saturated rings. The summed E-state index contributed by atoms with van der Waals surface area (Å²) in [5.74, 6) is 1.21. The molecular formula is C19H20FN7OS. The van der Waals surface area contributed by atoms with Crippen molar-refractivity contribution in [2.75, 3.05) is 49.6 Å². The number of pyridine rings is 1. The lowest BCUT2D eigenvalue weighted by atomic mass is 10.3. The summed E-state index contributed by atoms with van der Waals surface area (Å²) < 4.78 is 13.4. The number of piperazine rings is 1. The maximum atomic E-state index is 13.4. The molecule has 3 aromatic rings. The number of aromatic nitrogens is 4. The zero-order valence-electron chi connectivity index (χ0n) is 16.0. The molecule has 0 aromatic carbocycles. The first-order chi connectivity index (χ1) is 14.1. The van der Waals surface area contributed by atoms with Gasteiger partial charge in [0.25, 0.3) is 0 Å². The molecule has 0 spiro atoms. The van der Waals surface area contributed by atoms with Crippen molar-refractivity contribution >= 4 is 39.4 Å². The quantitative estimate of drug-likeness (QED) is 0.650. The Kier molecular flexibility index (Phi) is 4.59. The minimum atomic E-state index is -0.777. The molecule has 2 aliphatic heterocycles. The number of carbonyl (C=O) groups excluding carboxylic acids is 1. The van der Waals surface area contributed by atoms with Gasteiger partial charge in [0.2, 0.25) is 11.9 Å². The van der Waals surface area contributed by atoms with Crippen LogP contribution in [0.2, 0.25) is 0 Å². The summed E-state index contributed by atoms with van der Waals surface area (Å²) in [6.45, 7) is 2.83. The minimum Gasteiger partial charge on any atom is -0.354 e. The van der Waals surface area contributed by atoms with Gasteiger partial charge < -0.3 is 4.90 Å². The number of carbonyl (C=O) groups is 1. The third-order valence-electron chi connectivity index (χ3n) is 5.24. The number of hydrogen-bond donors (Lipinski definition) is 0. The van der Waals surface area contributed by atoms with Crippen molar-refractivity contribution in [2.45, 2.75) is 12.6 Å². The standard InChI is InChI=1S/C19H20FN7OS/c1-25-6-7-27(16(28)11-25)19-22-9-14-18(24-19)29-17(23-14)12-2-3-15(21-8-12)26-5-4-13(20)10-26/h2-3,8-9,13H,4-7,10-11H2,1H3/t13-/m0/s1. The lowest BCUT2D eigenvalue weighted by molar-refractivity contribution is -0.120. The fourth-order valence-corrected chi connectivity index (χ4v) is 4.50. The lowest BCUT2D eigenvalue weighted by Crippen LogP contribution is -2.49. The van der Waals surface area contributed by atoms with E-state index in [2.05, 4.69) is 19.9 Å². The van der Waals surface area contributed by atoms with Crippen LogP contribution in [0.25, 0.3) is 20.9 Å². The number of halogens is 1. The van der Waals surface area contributed by atoms with E-state index in [1.165, 1.54) is 11.3 Å². The highest BCUT2D eigenvalue weighted by Gasteiger charge is 2.26. The fourth-order valence-electron chi connectivity index (χ4n) is 3.61. The van der Waals surface area contributed by atoms with E-state index < -0.39 is 6.17 Å². The van der Waals surface area contributed by atoms with Crippen LogP contribution in [0, 0.1) is 0 Å². The van der Waals surface area contributed by atoms with Gasteiger partial charge in [0, 0.05) is 31.4 Å². The third kappa shape index (κ3) is 3.53. The molecule has 29 heavy (non-hydrogen) atoms. The van der Waals surface area contributed by atoms with Gasteiger partial charge in [0.15, 0.2) is 0 Å². The number of amides is 1. The van der Waals surface area contributed by atoms with Gasteiger partial charge in [0.1, 0.15) is 27.3 Å². The third-order valence-corrected chi connectivity index (χ3v) is 6.25. The van der Waals surface area contributed by atoms with Gasteiger partial charge in [-0.2, -0.15) is 4.98 Å². The number of thiazole rings is 1. The van der Waals surface area contributed by atoms with Gasteiger partial charge >= 0.3 is 0 Å². The highest BCUT2D eigenvalue weighted by atomic mass is 32.1. The Bertz CT molecular complexity index is 1060. The van der Waals surface area contributed by atoms with Crippen LogP contribution in [0.5, 0.6) is 0 Å². The maximum Gasteiger partial charge on any atom is 0.243 e. The molecule has 0 saturated carbocycles. The molecule has 5 rings (SSSR count). The van der Waals surface area contributed by atoms with E-state index >= 15 is 0 Å². The number of rotatable bonds is 3. The second kappa shape index (κ2) is 7.27. The highest BCUT2D eigenvalue weighted by Crippen LogP contribution is 2.30. The number of hydrogen-bond acceptors (Lipinski definition) is 8. The van der Waals surface area contributed by atoms with Crippen LogP contribution in [-0.4, -0.2) is 76.7 Å². The fraction of sp³-hybridized carbons (Fsp3) is 0.421. The van der Waals surface area contributed by atoms with Crippen molar-refractivity contribution in [3.05, 3.63) is 24.5 Å². The Morgan fingerprint density at radius 2 is 2.03 bits per heavy atom. The van der Waals surface area contributed by atoms with Crippen molar-refractivity contribution < 1.29 is 9.18 Å². The second-order valence-corrected chi connectivity index (χ2v) is 8.38. The van der Waals surface area contributed by atoms with Gasteiger partial charge in [-0.1, -0.05) is 11.3 Å². The van der Waals surface area contributed by atoms with Gasteiger partial charge in [-0.3, -0.25) is 14.6 Å². The first kappa shape index (κ1) is 18.3. The van der Waals surface area contributed by atoms with Gasteiger partial charge in [-0.05, 0) is 25.6 Å². The summed E-state index contributed by atoms with van der Waals surface area (Å²) in [6, 6.07) is 3.85. The summed E-state index contributed by atoms with van der Waals surface area (Å²) >= 11 is 1.44. The van der Waals surface area contributed by atoms with Crippen molar-refractivity contribution in [1.29, 1.82) is 0 Å². The number of nitrogens with zero attached hydrogens (tertiary/aromatic N) is 7. The predicted molar refractivity (Wildman–Crippen MR) is 110 cm³/mol. The SMILES string of the molecule is CN1CCN(c2ncc3nc(-c4ccc(N5CC[C@H](F)C5)nc4)sc3n2)C(=O)C1. The first-order valence-electron chi connectivity index (χ1n) is 9.55. The molecule has 0 N–H and O–H groups in total. The Morgan fingerprint density at radius 1 is 1.14 bits per heavy atom. The Hall–Kier alpha value is -2.72. The number of alkyl halides is 1. The van der Waals surface area contributed by atoms with Crippen molar-refractivity contribution in [3.63, 3.8) is 0 Å². The van der Waals surface area contributed by atoms with Crippen LogP contribution >= 0.6 is 11.3 Å². The van der Waals surface area contributed by atoms with Gasteiger partial charge in [-0.25, -0.2) is 19.3 Å². The molecule has 0 unspecified atom stereocenters. The minimum absolute atomic E-state index is 0.0000543. The number of likely N-dealkylation sites (N-methyl/N-ethyl adjacent to an activating group) is 1. The number of fused-ring (bicyclic) bond motifs is 1. The summed E-state index contributed by atoms with van der Waals surface area (Å²) in [5.41, 5.74) is 1.57. The molecule has 10 heteroatoms. The molecule has 0 bridgehead atoms. The molecule has 2 aliphatic rings. The van der Waals surface area contributed by atoms with E-state index in [0.717, 1.165) is 27.8 Å². The van der Waals surface area contributed by atoms with E-state index in [-0.39, 0.29) is 5.91 Å². The molecular weight excluding hydrogens is 393 g/mol. The Morgan fingerprint density at radius 3 is 2.76 bits per heavy atom. The van der Waals surface area contributed by atoms with Crippen LogP contribution in [0.4, 0.5) is 16.2 Å². The van der Waals surface area contributed by atoms with E-state index in [9.17, 15) is 9.18 Å². The predicted octanol–water partition coefficient (Wildman–Crippen LogP) is 1.97. The van der Waals surface area contributed by atoms with E-state index in [4.69, 9.17) is 0 Å². The molecule has 150 valence electrons. The average molecular weight is 413 g/mol. The zero-order valence-corrected chi connectivity index (χ0v) is 16.8. The molecule has 3 aromatic heterocycles. The van der Waals surface area contributed by atoms with Crippen LogP contribution < -0.4 is 9.80 Å². The van der Waals surface area contributed by atoms with E-state index in [1.54, 1.807) is 17.3 Å². The molecule has 5 heterocycles. The molecule has 1 amide bonds. The summed E-state index contributed by atoms with van der Waals surface area (Å²) in [6.07, 6.45) is 3.20. The highest BCUT2D eigenvalue weighted by molar-refractivity contribution is 7.21. The van der Waals surface area contributed by atoms with Crippen LogP contribution in [0.15, 0.2) is 24.5 Å². The molecule has 2 saturated heterocycles. The van der Waals surface area contributed by atoms with Crippen molar-refractivity contribution in [1.82, 2.24) is 24.8 Å². The maximum absolute atomic E-state index is 13.4. The summed E-state index contributed by atoms with van der Waals surface area (Å²) in [5, 5.41) is 0.792. The monoisotopic (exact) mass is 413 g/mol. The van der Waals surface area contributed by atoms with E-state index in [1.807, 2.05) is 29.0 Å². The van der Waals surface area contributed by atoms with Crippen molar-refractivity contribution in [2.24, 2.45) is 0 Å². The zero-order chi connectivity index (χ0) is 20.0. The summed E-state index contributed by atoms with van der Waals surface area (Å²) in [7, 11) is 1.92. The topological polar surface area (TPSA) is 78.4 Å². The van der Waals surface area contributed by atoms with E-state index in [0.29, 0.717) is 44.1 Å². The normalized spacial score (nSPS) is 20.8. The second-order valence-electron chi connectivity index (χ2n) is 7.40. The van der Waals surface area contributed by atoms with Crippen LogP contribution in [-0.2, 0) is 4.79 Å². The smallest absolute Gasteiger partial charge is 0.243 e. The van der Waals surface area contributed by atoms with Gasteiger partial charge in [-0.15, -0.1) is 0 Å². The van der Waals surface area contributed by atoms with Crippen LogP contribution in [0.3, 0.4) is 0 Å². The molecule has 8 nitrogen and oxygen atoms in total. The molecule has 1 atom stereocenters. The Labute approximate surface area is 171 Å².